The number of benzene rings is 1. The Morgan fingerprint density at radius 1 is 1.07 bits per heavy atom. The molecule has 1 aromatic heterocycles. The first kappa shape index (κ1) is 19.8. The Hall–Kier alpha value is -2.45. The van der Waals surface area contributed by atoms with Gasteiger partial charge in [0, 0.05) is 52.2 Å². The molecule has 29 heavy (non-hydrogen) atoms. The molecule has 1 aromatic carbocycles. The summed E-state index contributed by atoms with van der Waals surface area (Å²) in [5.74, 6) is 0.475. The number of para-hydroxylation sites is 2. The van der Waals surface area contributed by atoms with Crippen molar-refractivity contribution in [1.29, 1.82) is 0 Å². The fourth-order valence-electron chi connectivity index (χ4n) is 4.02. The summed E-state index contributed by atoms with van der Waals surface area (Å²) >= 11 is 0. The molecule has 2 fully saturated rings. The van der Waals surface area contributed by atoms with Crippen molar-refractivity contribution in [2.24, 2.45) is 0 Å². The average molecular weight is 399 g/mol. The number of hydrogen-bond acceptors (Lipinski definition) is 6. The summed E-state index contributed by atoms with van der Waals surface area (Å²) in [7, 11) is 0. The predicted octanol–water partition coefficient (Wildman–Crippen LogP) is 0.835. The average Bonchev–Trinajstić information content (AvgIpc) is 3.28. The van der Waals surface area contributed by atoms with Crippen LogP contribution in [-0.2, 0) is 16.1 Å². The van der Waals surface area contributed by atoms with Gasteiger partial charge >= 0.3 is 0 Å². The lowest BCUT2D eigenvalue weighted by molar-refractivity contribution is -0.121. The third kappa shape index (κ3) is 4.76. The number of anilines is 1. The van der Waals surface area contributed by atoms with Gasteiger partial charge in [0.1, 0.15) is 0 Å². The number of aryl methyl sites for hydroxylation is 1. The lowest BCUT2D eigenvalue weighted by Gasteiger charge is -2.26. The Kier molecular flexibility index (Phi) is 6.41. The van der Waals surface area contributed by atoms with E-state index < -0.39 is 0 Å². The zero-order valence-corrected chi connectivity index (χ0v) is 16.8. The van der Waals surface area contributed by atoms with Crippen LogP contribution in [0.1, 0.15) is 19.3 Å². The van der Waals surface area contributed by atoms with Gasteiger partial charge in [0.25, 0.3) is 5.56 Å². The number of hydrogen-bond donors (Lipinski definition) is 1. The first-order chi connectivity index (χ1) is 14.2. The molecule has 0 radical (unpaired) electrons. The molecule has 8 nitrogen and oxygen atoms in total. The van der Waals surface area contributed by atoms with E-state index in [0.29, 0.717) is 18.9 Å². The van der Waals surface area contributed by atoms with Crippen LogP contribution < -0.4 is 15.8 Å². The summed E-state index contributed by atoms with van der Waals surface area (Å²) in [5.41, 5.74) is 1.47. The predicted molar refractivity (Wildman–Crippen MR) is 112 cm³/mol. The number of rotatable bonds is 7. The molecule has 8 heteroatoms. The Morgan fingerprint density at radius 3 is 2.62 bits per heavy atom. The fourth-order valence-corrected chi connectivity index (χ4v) is 4.02. The summed E-state index contributed by atoms with van der Waals surface area (Å²) < 4.78 is 7.04. The van der Waals surface area contributed by atoms with Crippen LogP contribution in [-0.4, -0.2) is 72.8 Å². The number of aromatic nitrogens is 2. The second-order valence-corrected chi connectivity index (χ2v) is 7.63. The second kappa shape index (κ2) is 9.37. The number of carbonyl (C=O) groups excluding carboxylic acids is 1. The van der Waals surface area contributed by atoms with Gasteiger partial charge in [0.2, 0.25) is 5.91 Å². The molecule has 2 aliphatic heterocycles. The highest BCUT2D eigenvalue weighted by Gasteiger charge is 2.20. The minimum Gasteiger partial charge on any atom is -0.379 e. The van der Waals surface area contributed by atoms with E-state index in [9.17, 15) is 9.59 Å². The van der Waals surface area contributed by atoms with Crippen molar-refractivity contribution < 1.29 is 9.53 Å². The quantitative estimate of drug-likeness (QED) is 0.743. The highest BCUT2D eigenvalue weighted by atomic mass is 16.5. The Bertz CT molecular complexity index is 901. The van der Waals surface area contributed by atoms with Gasteiger partial charge in [-0.1, -0.05) is 12.1 Å². The van der Waals surface area contributed by atoms with E-state index in [-0.39, 0.29) is 17.9 Å². The summed E-state index contributed by atoms with van der Waals surface area (Å²) in [6.07, 6.45) is 2.44. The highest BCUT2D eigenvalue weighted by Crippen LogP contribution is 2.18. The Labute approximate surface area is 170 Å². The molecule has 1 N–H and O–H groups in total. The molecule has 0 bridgehead atoms. The van der Waals surface area contributed by atoms with Crippen molar-refractivity contribution in [2.75, 3.05) is 57.4 Å². The van der Waals surface area contributed by atoms with Crippen molar-refractivity contribution in [2.45, 2.75) is 25.8 Å². The van der Waals surface area contributed by atoms with Gasteiger partial charge in [0.15, 0.2) is 5.82 Å². The van der Waals surface area contributed by atoms with Gasteiger partial charge in [-0.3, -0.25) is 14.5 Å². The second-order valence-electron chi connectivity index (χ2n) is 7.63. The van der Waals surface area contributed by atoms with E-state index in [0.717, 1.165) is 69.8 Å². The topological polar surface area (TPSA) is 79.7 Å². The lowest BCUT2D eigenvalue weighted by atomic mass is 10.2. The molecule has 0 aliphatic carbocycles. The van der Waals surface area contributed by atoms with Crippen molar-refractivity contribution >= 4 is 22.8 Å². The van der Waals surface area contributed by atoms with Crippen LogP contribution in [0.4, 0.5) is 5.82 Å². The standard InChI is InChI=1S/C21H29N5O3/c27-19(22-8-12-24-13-15-29-16-14-24)7-11-26-18-6-2-1-5-17(18)23-20(21(26)28)25-9-3-4-10-25/h1-2,5-6H,3-4,7-16H2,(H,22,27). The minimum atomic E-state index is -0.105. The fraction of sp³-hybridized carbons (Fsp3) is 0.571. The van der Waals surface area contributed by atoms with E-state index in [1.807, 2.05) is 24.3 Å². The number of ether oxygens (including phenoxy) is 1. The summed E-state index contributed by atoms with van der Waals surface area (Å²) in [5, 5.41) is 2.97. The molecular formula is C21H29N5O3. The van der Waals surface area contributed by atoms with E-state index in [1.54, 1.807) is 4.57 Å². The largest absolute Gasteiger partial charge is 0.379 e. The molecule has 0 atom stereocenters. The smallest absolute Gasteiger partial charge is 0.294 e. The molecule has 1 amide bonds. The number of nitrogens with one attached hydrogen (secondary N) is 1. The zero-order chi connectivity index (χ0) is 20.1. The maximum Gasteiger partial charge on any atom is 0.294 e. The zero-order valence-electron chi connectivity index (χ0n) is 16.8. The third-order valence-electron chi connectivity index (χ3n) is 5.66. The molecule has 2 saturated heterocycles. The van der Waals surface area contributed by atoms with Crippen LogP contribution >= 0.6 is 0 Å². The van der Waals surface area contributed by atoms with Crippen LogP contribution in [0, 0.1) is 0 Å². The van der Waals surface area contributed by atoms with Crippen molar-refractivity contribution in [1.82, 2.24) is 19.8 Å². The molecule has 0 saturated carbocycles. The maximum absolute atomic E-state index is 13.1. The van der Waals surface area contributed by atoms with Crippen molar-refractivity contribution in [3.63, 3.8) is 0 Å². The first-order valence-electron chi connectivity index (χ1n) is 10.5. The normalized spacial score (nSPS) is 17.7. The molecular weight excluding hydrogens is 370 g/mol. The number of fused-ring (bicyclic) bond motifs is 1. The van der Waals surface area contributed by atoms with E-state index >= 15 is 0 Å². The Balaban J connectivity index is 1.42. The molecule has 3 heterocycles. The van der Waals surface area contributed by atoms with Crippen LogP contribution in [0.2, 0.25) is 0 Å². The highest BCUT2D eigenvalue weighted by molar-refractivity contribution is 5.78. The number of amides is 1. The van der Waals surface area contributed by atoms with Crippen molar-refractivity contribution in [3.05, 3.63) is 34.6 Å². The van der Waals surface area contributed by atoms with E-state index in [2.05, 4.69) is 20.1 Å². The molecule has 0 spiro atoms. The van der Waals surface area contributed by atoms with E-state index in [1.165, 1.54) is 0 Å². The molecule has 4 rings (SSSR count). The molecule has 0 unspecified atom stereocenters. The maximum atomic E-state index is 13.1. The Morgan fingerprint density at radius 2 is 1.83 bits per heavy atom. The third-order valence-corrected chi connectivity index (χ3v) is 5.66. The van der Waals surface area contributed by atoms with Gasteiger partial charge in [-0.05, 0) is 25.0 Å². The number of nitrogens with zero attached hydrogens (tertiary/aromatic N) is 4. The van der Waals surface area contributed by atoms with Gasteiger partial charge in [0.05, 0.1) is 24.2 Å². The van der Waals surface area contributed by atoms with Crippen LogP contribution in [0.3, 0.4) is 0 Å². The SMILES string of the molecule is O=C(CCn1c(=O)c(N2CCCC2)nc2ccccc21)NCCN1CCOCC1. The summed E-state index contributed by atoms with van der Waals surface area (Å²) in [4.78, 5) is 34.4. The number of carbonyl (C=O) groups is 1. The summed E-state index contributed by atoms with van der Waals surface area (Å²) in [6, 6.07) is 7.65. The van der Waals surface area contributed by atoms with Crippen molar-refractivity contribution in [3.8, 4) is 0 Å². The lowest BCUT2D eigenvalue weighted by Crippen LogP contribution is -2.41. The number of morpholine rings is 1. The van der Waals surface area contributed by atoms with Crippen LogP contribution in [0.25, 0.3) is 11.0 Å². The van der Waals surface area contributed by atoms with E-state index in [4.69, 9.17) is 4.74 Å². The first-order valence-corrected chi connectivity index (χ1v) is 10.5. The summed E-state index contributed by atoms with van der Waals surface area (Å²) in [6.45, 7) is 6.85. The molecule has 156 valence electrons. The van der Waals surface area contributed by atoms with Crippen LogP contribution in [0.5, 0.6) is 0 Å². The minimum absolute atomic E-state index is 0.0335. The van der Waals surface area contributed by atoms with Gasteiger partial charge in [-0.15, -0.1) is 0 Å². The van der Waals surface area contributed by atoms with Gasteiger partial charge in [-0.25, -0.2) is 4.98 Å². The van der Waals surface area contributed by atoms with Gasteiger partial charge < -0.3 is 19.5 Å². The molecule has 2 aromatic rings. The van der Waals surface area contributed by atoms with Crippen LogP contribution in [0.15, 0.2) is 29.1 Å². The van der Waals surface area contributed by atoms with Gasteiger partial charge in [-0.2, -0.15) is 0 Å². The molecule has 2 aliphatic rings. The monoisotopic (exact) mass is 399 g/mol.